The lowest BCUT2D eigenvalue weighted by molar-refractivity contribution is -0.384. The first kappa shape index (κ1) is 15.1. The van der Waals surface area contributed by atoms with E-state index >= 15 is 0 Å². The van der Waals surface area contributed by atoms with Gasteiger partial charge in [-0.1, -0.05) is 60.7 Å². The van der Waals surface area contributed by atoms with Crippen LogP contribution < -0.4 is 0 Å². The van der Waals surface area contributed by atoms with E-state index in [2.05, 4.69) is 36.4 Å². The van der Waals surface area contributed by atoms with Crippen molar-refractivity contribution in [2.45, 2.75) is 0 Å². The Labute approximate surface area is 145 Å². The Bertz CT molecular complexity index is 1060. The molecule has 4 rings (SSSR count). The van der Waals surface area contributed by atoms with Crippen molar-refractivity contribution in [3.63, 3.8) is 0 Å². The molecule has 0 aliphatic heterocycles. The van der Waals surface area contributed by atoms with Gasteiger partial charge in [-0.15, -0.1) is 0 Å². The van der Waals surface area contributed by atoms with Crippen LogP contribution in [-0.2, 0) is 0 Å². The van der Waals surface area contributed by atoms with Crippen LogP contribution in [0.5, 0.6) is 0 Å². The molecule has 0 unspecified atom stereocenters. The highest BCUT2D eigenvalue weighted by atomic mass is 16.6. The molecule has 25 heavy (non-hydrogen) atoms. The third kappa shape index (κ3) is 2.88. The summed E-state index contributed by atoms with van der Waals surface area (Å²) in [6.45, 7) is 0. The Hall–Kier alpha value is -3.46. The second-order valence-electron chi connectivity index (χ2n) is 5.91. The number of nitro benzene ring substituents is 1. The smallest absolute Gasteiger partial charge is 0.258 e. The first-order valence-electron chi connectivity index (χ1n) is 8.05. The van der Waals surface area contributed by atoms with Gasteiger partial charge in [-0.25, -0.2) is 0 Å². The molecule has 0 aromatic heterocycles. The molecule has 4 aromatic rings. The van der Waals surface area contributed by atoms with Crippen LogP contribution in [0.4, 0.5) is 5.69 Å². The van der Waals surface area contributed by atoms with E-state index < -0.39 is 0 Å². The number of rotatable bonds is 3. The number of benzene rings is 4. The minimum Gasteiger partial charge on any atom is -0.258 e. The standard InChI is InChI=1S/C22H15NO2/c24-23(25)19-12-9-16(10-13-19)11-14-22-20-7-3-1-5-17(20)15-18-6-2-4-8-21(18)22/h1-15H/b14-11+. The van der Waals surface area contributed by atoms with E-state index in [-0.39, 0.29) is 10.6 Å². The summed E-state index contributed by atoms with van der Waals surface area (Å²) in [5, 5.41) is 15.6. The second-order valence-corrected chi connectivity index (χ2v) is 5.91. The Balaban J connectivity index is 1.85. The summed E-state index contributed by atoms with van der Waals surface area (Å²) in [4.78, 5) is 10.4. The zero-order chi connectivity index (χ0) is 17.2. The third-order valence-corrected chi connectivity index (χ3v) is 4.36. The maximum atomic E-state index is 10.8. The summed E-state index contributed by atoms with van der Waals surface area (Å²) < 4.78 is 0. The maximum absolute atomic E-state index is 10.8. The van der Waals surface area contributed by atoms with Crippen LogP contribution in [-0.4, -0.2) is 4.92 Å². The summed E-state index contributed by atoms with van der Waals surface area (Å²) in [7, 11) is 0. The minimum atomic E-state index is -0.383. The molecule has 0 radical (unpaired) electrons. The molecule has 0 atom stereocenters. The fraction of sp³-hybridized carbons (Fsp3) is 0. The van der Waals surface area contributed by atoms with Crippen LogP contribution in [0.1, 0.15) is 11.1 Å². The van der Waals surface area contributed by atoms with Gasteiger partial charge >= 0.3 is 0 Å². The van der Waals surface area contributed by atoms with Crippen molar-refractivity contribution in [2.75, 3.05) is 0 Å². The molecular formula is C22H15NO2. The second kappa shape index (κ2) is 6.21. The van der Waals surface area contributed by atoms with E-state index in [0.29, 0.717) is 0 Å². The molecule has 4 aromatic carbocycles. The topological polar surface area (TPSA) is 43.1 Å². The number of nitro groups is 1. The lowest BCUT2D eigenvalue weighted by Crippen LogP contribution is -1.86. The normalized spacial score (nSPS) is 11.4. The van der Waals surface area contributed by atoms with E-state index in [1.54, 1.807) is 12.1 Å². The maximum Gasteiger partial charge on any atom is 0.269 e. The molecule has 0 bridgehead atoms. The average molecular weight is 325 g/mol. The van der Waals surface area contributed by atoms with Gasteiger partial charge < -0.3 is 0 Å². The van der Waals surface area contributed by atoms with E-state index in [1.807, 2.05) is 30.3 Å². The van der Waals surface area contributed by atoms with Gasteiger partial charge in [0.1, 0.15) is 0 Å². The zero-order valence-corrected chi connectivity index (χ0v) is 13.4. The van der Waals surface area contributed by atoms with Crippen molar-refractivity contribution in [1.82, 2.24) is 0 Å². The Morgan fingerprint density at radius 1 is 0.720 bits per heavy atom. The first-order chi connectivity index (χ1) is 12.2. The minimum absolute atomic E-state index is 0.104. The number of nitrogens with zero attached hydrogens (tertiary/aromatic N) is 1. The molecule has 0 N–H and O–H groups in total. The molecule has 120 valence electrons. The summed E-state index contributed by atoms with van der Waals surface area (Å²) in [6, 6.07) is 25.4. The van der Waals surface area contributed by atoms with Gasteiger partial charge in [0, 0.05) is 12.1 Å². The Morgan fingerprint density at radius 2 is 1.28 bits per heavy atom. The fourth-order valence-corrected chi connectivity index (χ4v) is 3.12. The largest absolute Gasteiger partial charge is 0.269 e. The SMILES string of the molecule is O=[N+]([O-])c1ccc(/C=C/c2c3ccccc3cc3ccccc23)cc1. The molecular weight excluding hydrogens is 310 g/mol. The third-order valence-electron chi connectivity index (χ3n) is 4.36. The van der Waals surface area contributed by atoms with Crippen LogP contribution in [0, 0.1) is 10.1 Å². The Kier molecular flexibility index (Phi) is 3.75. The van der Waals surface area contributed by atoms with Crippen LogP contribution >= 0.6 is 0 Å². The predicted molar refractivity (Wildman–Crippen MR) is 103 cm³/mol. The van der Waals surface area contributed by atoms with Crippen molar-refractivity contribution in [2.24, 2.45) is 0 Å². The van der Waals surface area contributed by atoms with E-state index in [9.17, 15) is 10.1 Å². The molecule has 0 heterocycles. The molecule has 3 heteroatoms. The van der Waals surface area contributed by atoms with E-state index in [1.165, 1.54) is 33.7 Å². The van der Waals surface area contributed by atoms with Crippen molar-refractivity contribution in [3.05, 3.63) is 100 Å². The highest BCUT2D eigenvalue weighted by Gasteiger charge is 2.05. The van der Waals surface area contributed by atoms with Crippen molar-refractivity contribution >= 4 is 39.4 Å². The van der Waals surface area contributed by atoms with Crippen molar-refractivity contribution in [3.8, 4) is 0 Å². The number of fused-ring (bicyclic) bond motifs is 2. The number of hydrogen-bond donors (Lipinski definition) is 0. The van der Waals surface area contributed by atoms with Crippen molar-refractivity contribution in [1.29, 1.82) is 0 Å². The summed E-state index contributed by atoms with van der Waals surface area (Å²) in [5.74, 6) is 0. The zero-order valence-electron chi connectivity index (χ0n) is 13.4. The number of non-ortho nitro benzene ring substituents is 1. The monoisotopic (exact) mass is 325 g/mol. The molecule has 0 amide bonds. The van der Waals surface area contributed by atoms with Gasteiger partial charge in [-0.3, -0.25) is 10.1 Å². The van der Waals surface area contributed by atoms with Gasteiger partial charge in [0.25, 0.3) is 5.69 Å². The highest BCUT2D eigenvalue weighted by molar-refractivity contribution is 6.07. The van der Waals surface area contributed by atoms with Gasteiger partial charge in [0.05, 0.1) is 4.92 Å². The van der Waals surface area contributed by atoms with Gasteiger partial charge in [0.15, 0.2) is 0 Å². The molecule has 0 aliphatic carbocycles. The molecule has 0 saturated carbocycles. The highest BCUT2D eigenvalue weighted by Crippen LogP contribution is 2.30. The van der Waals surface area contributed by atoms with E-state index in [0.717, 1.165) is 11.1 Å². The van der Waals surface area contributed by atoms with Gasteiger partial charge in [-0.2, -0.15) is 0 Å². The molecule has 0 aliphatic rings. The van der Waals surface area contributed by atoms with Gasteiger partial charge in [-0.05, 0) is 50.9 Å². The quantitative estimate of drug-likeness (QED) is 0.198. The average Bonchev–Trinajstić information content (AvgIpc) is 2.65. The molecule has 3 nitrogen and oxygen atoms in total. The lowest BCUT2D eigenvalue weighted by Gasteiger charge is -2.08. The summed E-state index contributed by atoms with van der Waals surface area (Å²) in [6.07, 6.45) is 4.09. The van der Waals surface area contributed by atoms with Crippen LogP contribution in [0.15, 0.2) is 78.9 Å². The predicted octanol–water partition coefficient (Wildman–Crippen LogP) is 6.07. The fourth-order valence-electron chi connectivity index (χ4n) is 3.12. The summed E-state index contributed by atoms with van der Waals surface area (Å²) >= 11 is 0. The summed E-state index contributed by atoms with van der Waals surface area (Å²) in [5.41, 5.74) is 2.20. The van der Waals surface area contributed by atoms with Crippen LogP contribution in [0.3, 0.4) is 0 Å². The van der Waals surface area contributed by atoms with Gasteiger partial charge in [0.2, 0.25) is 0 Å². The Morgan fingerprint density at radius 3 is 1.84 bits per heavy atom. The van der Waals surface area contributed by atoms with E-state index in [4.69, 9.17) is 0 Å². The molecule has 0 spiro atoms. The molecule has 0 saturated heterocycles. The van der Waals surface area contributed by atoms with Crippen LogP contribution in [0.2, 0.25) is 0 Å². The van der Waals surface area contributed by atoms with Crippen LogP contribution in [0.25, 0.3) is 33.7 Å². The number of hydrogen-bond acceptors (Lipinski definition) is 2. The first-order valence-corrected chi connectivity index (χ1v) is 8.05. The molecule has 0 fully saturated rings. The van der Waals surface area contributed by atoms with Crippen molar-refractivity contribution < 1.29 is 4.92 Å². The lowest BCUT2D eigenvalue weighted by atomic mass is 9.96.